The molecule has 4 heterocycles. The zero-order valence-corrected chi connectivity index (χ0v) is 19.0. The summed E-state index contributed by atoms with van der Waals surface area (Å²) in [5.41, 5.74) is 3.33. The molecule has 0 amide bonds. The summed E-state index contributed by atoms with van der Waals surface area (Å²) in [5, 5.41) is 8.41. The molecule has 0 bridgehead atoms. The van der Waals surface area contributed by atoms with E-state index in [0.717, 1.165) is 28.5 Å². The van der Waals surface area contributed by atoms with Crippen LogP contribution >= 0.6 is 11.8 Å². The van der Waals surface area contributed by atoms with Gasteiger partial charge in [-0.15, -0.1) is 10.2 Å². The fraction of sp³-hybridized carbons (Fsp3) is 0.250. The van der Waals surface area contributed by atoms with Gasteiger partial charge in [-0.25, -0.2) is 0 Å². The van der Waals surface area contributed by atoms with Gasteiger partial charge in [0.1, 0.15) is 6.61 Å². The summed E-state index contributed by atoms with van der Waals surface area (Å²) in [6, 6.07) is 13.2. The predicted octanol–water partition coefficient (Wildman–Crippen LogP) is 4.36. The lowest BCUT2D eigenvalue weighted by molar-refractivity contribution is 0.0777. The van der Waals surface area contributed by atoms with Gasteiger partial charge in [-0.1, -0.05) is 23.9 Å². The Hall–Kier alpha value is -3.59. The maximum Gasteiger partial charge on any atom is 0.277 e. The number of benzene rings is 1. The highest BCUT2D eigenvalue weighted by atomic mass is 32.2. The van der Waals surface area contributed by atoms with Gasteiger partial charge in [0.25, 0.3) is 5.22 Å². The van der Waals surface area contributed by atoms with Gasteiger partial charge in [-0.3, -0.25) is 9.78 Å². The molecular formula is C24H22N4O4S. The summed E-state index contributed by atoms with van der Waals surface area (Å²) in [7, 11) is 0. The van der Waals surface area contributed by atoms with E-state index >= 15 is 0 Å². The number of hydrogen-bond acceptors (Lipinski definition) is 8. The van der Waals surface area contributed by atoms with Crippen molar-refractivity contribution >= 4 is 17.5 Å². The molecule has 0 fully saturated rings. The van der Waals surface area contributed by atoms with Crippen molar-refractivity contribution in [3.05, 3.63) is 71.8 Å². The van der Waals surface area contributed by atoms with Crippen LogP contribution in [0.15, 0.2) is 64.5 Å². The Labute approximate surface area is 195 Å². The molecule has 168 valence electrons. The molecule has 0 N–H and O–H groups in total. The first-order valence-corrected chi connectivity index (χ1v) is 11.5. The topological polar surface area (TPSA) is 92.3 Å². The number of ether oxygens (including phenoxy) is 2. The first kappa shape index (κ1) is 21.3. The van der Waals surface area contributed by atoms with Crippen LogP contribution in [0.2, 0.25) is 0 Å². The maximum atomic E-state index is 12.9. The number of nitrogens with zero attached hydrogens (tertiary/aromatic N) is 4. The highest BCUT2D eigenvalue weighted by Gasteiger charge is 2.24. The monoisotopic (exact) mass is 462 g/mol. The minimum Gasteiger partial charge on any atom is -0.486 e. The minimum atomic E-state index is -0.133. The Kier molecular flexibility index (Phi) is 5.87. The molecular weight excluding hydrogens is 440 g/mol. The third kappa shape index (κ3) is 4.49. The summed E-state index contributed by atoms with van der Waals surface area (Å²) in [6.07, 6.45) is 3.20. The van der Waals surface area contributed by atoms with Gasteiger partial charge in [-0.05, 0) is 44.2 Å². The van der Waals surface area contributed by atoms with E-state index in [1.54, 1.807) is 18.5 Å². The zero-order chi connectivity index (χ0) is 22.8. The van der Waals surface area contributed by atoms with Crippen LogP contribution in [-0.2, 0) is 6.54 Å². The molecule has 9 heteroatoms. The molecule has 5 rings (SSSR count). The first-order chi connectivity index (χ1) is 16.1. The maximum absolute atomic E-state index is 12.9. The number of fused-ring (bicyclic) bond motifs is 1. The van der Waals surface area contributed by atoms with Crippen LogP contribution in [-0.4, -0.2) is 44.0 Å². The molecule has 0 aliphatic carbocycles. The lowest BCUT2D eigenvalue weighted by Gasteiger charge is -2.27. The molecule has 1 unspecified atom stereocenters. The summed E-state index contributed by atoms with van der Waals surface area (Å²) in [6.45, 7) is 5.01. The Bertz CT molecular complexity index is 1280. The van der Waals surface area contributed by atoms with Crippen LogP contribution < -0.4 is 9.47 Å². The van der Waals surface area contributed by atoms with E-state index in [2.05, 4.69) is 19.7 Å². The van der Waals surface area contributed by atoms with Crippen LogP contribution in [0.3, 0.4) is 0 Å². The second-order valence-electron chi connectivity index (χ2n) is 7.72. The van der Waals surface area contributed by atoms with Gasteiger partial charge < -0.3 is 18.5 Å². The van der Waals surface area contributed by atoms with E-state index < -0.39 is 0 Å². The Balaban J connectivity index is 1.24. The summed E-state index contributed by atoms with van der Waals surface area (Å²) >= 11 is 1.23. The number of rotatable bonds is 7. The van der Waals surface area contributed by atoms with Crippen molar-refractivity contribution in [2.24, 2.45) is 0 Å². The number of pyridine rings is 1. The predicted molar refractivity (Wildman–Crippen MR) is 123 cm³/mol. The number of carbonyl (C=O) groups is 1. The molecule has 1 aliphatic rings. The normalized spacial score (nSPS) is 14.9. The molecule has 3 aromatic heterocycles. The molecule has 8 nitrogen and oxygen atoms in total. The Morgan fingerprint density at radius 1 is 1.15 bits per heavy atom. The molecule has 4 aromatic rings. The van der Waals surface area contributed by atoms with E-state index in [0.29, 0.717) is 29.8 Å². The third-order valence-electron chi connectivity index (χ3n) is 5.47. The Morgan fingerprint density at radius 2 is 2.00 bits per heavy atom. The van der Waals surface area contributed by atoms with Crippen molar-refractivity contribution in [2.45, 2.75) is 31.7 Å². The molecule has 0 saturated carbocycles. The fourth-order valence-corrected chi connectivity index (χ4v) is 4.45. The number of aryl methyl sites for hydroxylation is 1. The molecule has 0 spiro atoms. The van der Waals surface area contributed by atoms with Crippen LogP contribution in [0.5, 0.6) is 11.5 Å². The summed E-state index contributed by atoms with van der Waals surface area (Å²) in [4.78, 5) is 17.0. The van der Waals surface area contributed by atoms with Crippen molar-refractivity contribution < 1.29 is 18.7 Å². The molecule has 1 aliphatic heterocycles. The smallest absolute Gasteiger partial charge is 0.277 e. The van der Waals surface area contributed by atoms with Gasteiger partial charge in [0.05, 0.1) is 17.9 Å². The highest BCUT2D eigenvalue weighted by Crippen LogP contribution is 2.32. The number of para-hydroxylation sites is 2. The number of aromatic nitrogens is 4. The lowest BCUT2D eigenvalue weighted by Crippen LogP contribution is -2.33. The molecule has 1 aromatic carbocycles. The van der Waals surface area contributed by atoms with Crippen molar-refractivity contribution in [1.82, 2.24) is 19.7 Å². The molecule has 1 atom stereocenters. The number of carbonyl (C=O) groups excluding carboxylic acids is 1. The van der Waals surface area contributed by atoms with Gasteiger partial charge in [0.2, 0.25) is 5.89 Å². The number of thioether (sulfide) groups is 1. The first-order valence-electron chi connectivity index (χ1n) is 10.5. The second-order valence-corrected chi connectivity index (χ2v) is 8.65. The van der Waals surface area contributed by atoms with Gasteiger partial charge in [0.15, 0.2) is 23.4 Å². The summed E-state index contributed by atoms with van der Waals surface area (Å²) < 4.78 is 19.7. The lowest BCUT2D eigenvalue weighted by atomic mass is 10.2. The van der Waals surface area contributed by atoms with Gasteiger partial charge in [-0.2, -0.15) is 0 Å². The van der Waals surface area contributed by atoms with Crippen molar-refractivity contribution in [1.29, 1.82) is 0 Å². The fourth-order valence-electron chi connectivity index (χ4n) is 3.80. The molecule has 33 heavy (non-hydrogen) atoms. The van der Waals surface area contributed by atoms with Crippen LogP contribution in [0, 0.1) is 13.8 Å². The molecule has 0 saturated heterocycles. The number of Topliss-reactive ketones (excluding diaryl/α,β-unsaturated/α-hetero) is 1. The van der Waals surface area contributed by atoms with Crippen molar-refractivity contribution in [2.75, 3.05) is 12.4 Å². The van der Waals surface area contributed by atoms with E-state index in [4.69, 9.17) is 13.9 Å². The van der Waals surface area contributed by atoms with E-state index in [9.17, 15) is 4.79 Å². The van der Waals surface area contributed by atoms with Gasteiger partial charge >= 0.3 is 0 Å². The van der Waals surface area contributed by atoms with Gasteiger partial charge in [0, 0.05) is 29.3 Å². The Morgan fingerprint density at radius 3 is 2.82 bits per heavy atom. The van der Waals surface area contributed by atoms with E-state index in [1.807, 2.05) is 50.2 Å². The molecule has 0 radical (unpaired) electrons. The number of hydrogen-bond donors (Lipinski definition) is 0. The highest BCUT2D eigenvalue weighted by molar-refractivity contribution is 7.99. The minimum absolute atomic E-state index is 0.00614. The largest absolute Gasteiger partial charge is 0.486 e. The quantitative estimate of drug-likeness (QED) is 0.295. The van der Waals surface area contributed by atoms with E-state index in [-0.39, 0.29) is 17.6 Å². The number of ketones is 1. The SMILES string of the molecule is Cc1cc(C(=O)CSc2nnc(-c3cccnc3)o2)c(C)n1CC1COc2ccccc2O1. The van der Waals surface area contributed by atoms with Crippen LogP contribution in [0.1, 0.15) is 21.7 Å². The zero-order valence-electron chi connectivity index (χ0n) is 18.2. The second kappa shape index (κ2) is 9.11. The van der Waals surface area contributed by atoms with Crippen molar-refractivity contribution in [3.8, 4) is 23.0 Å². The van der Waals surface area contributed by atoms with Crippen LogP contribution in [0.25, 0.3) is 11.5 Å². The summed E-state index contributed by atoms with van der Waals surface area (Å²) in [5.74, 6) is 2.10. The van der Waals surface area contributed by atoms with E-state index in [1.165, 1.54) is 11.8 Å². The average Bonchev–Trinajstić information content (AvgIpc) is 3.43. The standard InChI is InChI=1S/C24H22N4O4S/c1-15-10-19(16(2)28(15)12-18-13-30-21-7-3-4-8-22(21)31-18)20(29)14-33-24-27-26-23(32-24)17-6-5-9-25-11-17/h3-11,18H,12-14H2,1-2H3. The van der Waals surface area contributed by atoms with Crippen LogP contribution in [0.4, 0.5) is 0 Å². The van der Waals surface area contributed by atoms with Crippen molar-refractivity contribution in [3.63, 3.8) is 0 Å². The third-order valence-corrected chi connectivity index (χ3v) is 6.29. The average molecular weight is 463 g/mol.